The van der Waals surface area contributed by atoms with Crippen molar-refractivity contribution in [3.05, 3.63) is 0 Å². The van der Waals surface area contributed by atoms with Crippen LogP contribution in [0, 0.1) is 0 Å². The number of rotatable bonds is 4. The van der Waals surface area contributed by atoms with Gasteiger partial charge in [-0.05, 0) is 13.3 Å². The number of hydrogen-bond acceptors (Lipinski definition) is 4. The van der Waals surface area contributed by atoms with Crippen LogP contribution in [0.25, 0.3) is 0 Å². The van der Waals surface area contributed by atoms with E-state index in [-0.39, 0.29) is 6.42 Å². The number of carbonyl (C=O) groups excluding carboxylic acids is 2. The summed E-state index contributed by atoms with van der Waals surface area (Å²) in [5.41, 5.74) is 0. The third kappa shape index (κ3) is 2.78. The van der Waals surface area contributed by atoms with Crippen molar-refractivity contribution in [3.63, 3.8) is 0 Å². The first kappa shape index (κ1) is 10.3. The van der Waals surface area contributed by atoms with Gasteiger partial charge in [0.25, 0.3) is 0 Å². The summed E-state index contributed by atoms with van der Waals surface area (Å²) in [5, 5.41) is 17.5. The molecule has 2 unspecified atom stereocenters. The summed E-state index contributed by atoms with van der Waals surface area (Å²) in [6.45, 7) is 2.78. The molecule has 0 radical (unpaired) electrons. The van der Waals surface area contributed by atoms with E-state index >= 15 is 0 Å². The Balaban J connectivity index is 4.14. The van der Waals surface area contributed by atoms with E-state index < -0.39 is 23.8 Å². The second kappa shape index (κ2) is 4.20. The molecule has 0 aliphatic rings. The zero-order valence-corrected chi connectivity index (χ0v) is 6.57. The van der Waals surface area contributed by atoms with Crippen LogP contribution in [0.2, 0.25) is 0 Å². The number of aliphatic hydroxyl groups is 2. The molecule has 0 saturated heterocycles. The predicted octanol–water partition coefficient (Wildman–Crippen LogP) is -0.724. The summed E-state index contributed by atoms with van der Waals surface area (Å²) < 4.78 is 0. The van der Waals surface area contributed by atoms with Crippen molar-refractivity contribution in [2.24, 2.45) is 0 Å². The average molecular weight is 160 g/mol. The minimum atomic E-state index is -1.32. The highest BCUT2D eigenvalue weighted by atomic mass is 16.3. The minimum absolute atomic E-state index is 0.192. The maximum absolute atomic E-state index is 10.8. The van der Waals surface area contributed by atoms with Crippen LogP contribution in [-0.4, -0.2) is 34.0 Å². The third-order valence-electron chi connectivity index (χ3n) is 1.31. The molecule has 0 aliphatic heterocycles. The van der Waals surface area contributed by atoms with E-state index in [1.54, 1.807) is 6.92 Å². The zero-order valence-electron chi connectivity index (χ0n) is 6.57. The first-order valence-electron chi connectivity index (χ1n) is 3.44. The van der Waals surface area contributed by atoms with Crippen molar-refractivity contribution in [2.45, 2.75) is 32.5 Å². The van der Waals surface area contributed by atoms with Crippen LogP contribution < -0.4 is 0 Å². The predicted molar refractivity (Wildman–Crippen MR) is 38.0 cm³/mol. The molecule has 0 spiro atoms. The summed E-state index contributed by atoms with van der Waals surface area (Å²) in [6.07, 6.45) is -2.39. The van der Waals surface area contributed by atoms with Gasteiger partial charge in [0.15, 0.2) is 0 Å². The number of carbonyl (C=O) groups is 2. The summed E-state index contributed by atoms with van der Waals surface area (Å²) in [4.78, 5) is 21.4. The quantitative estimate of drug-likeness (QED) is 0.532. The highest BCUT2D eigenvalue weighted by Crippen LogP contribution is 1.96. The van der Waals surface area contributed by atoms with Gasteiger partial charge < -0.3 is 10.2 Å². The van der Waals surface area contributed by atoms with E-state index in [0.717, 1.165) is 0 Å². The third-order valence-corrected chi connectivity index (χ3v) is 1.31. The van der Waals surface area contributed by atoms with Crippen LogP contribution in [0.15, 0.2) is 0 Å². The van der Waals surface area contributed by atoms with E-state index in [4.69, 9.17) is 10.2 Å². The molecule has 4 heteroatoms. The van der Waals surface area contributed by atoms with Gasteiger partial charge in [0.05, 0.1) is 0 Å². The normalized spacial score (nSPS) is 15.6. The summed E-state index contributed by atoms with van der Waals surface area (Å²) in [5.74, 6) is -1.85. The first-order chi connectivity index (χ1) is 5.00. The molecule has 0 amide bonds. The molecule has 0 aliphatic carbocycles. The van der Waals surface area contributed by atoms with Crippen molar-refractivity contribution in [1.82, 2.24) is 0 Å². The van der Waals surface area contributed by atoms with Gasteiger partial charge in [-0.1, -0.05) is 6.92 Å². The van der Waals surface area contributed by atoms with E-state index in [0.29, 0.717) is 0 Å². The summed E-state index contributed by atoms with van der Waals surface area (Å²) >= 11 is 0. The maximum atomic E-state index is 10.8. The van der Waals surface area contributed by atoms with Crippen LogP contribution in [0.4, 0.5) is 0 Å². The van der Waals surface area contributed by atoms with Crippen molar-refractivity contribution < 1.29 is 19.8 Å². The lowest BCUT2D eigenvalue weighted by Crippen LogP contribution is -2.34. The lowest BCUT2D eigenvalue weighted by molar-refractivity contribution is -0.145. The fraction of sp³-hybridized carbons (Fsp3) is 0.714. The molecule has 0 aromatic rings. The average Bonchev–Trinajstić information content (AvgIpc) is 2.00. The van der Waals surface area contributed by atoms with Gasteiger partial charge in [0.2, 0.25) is 11.6 Å². The molecule has 0 heterocycles. The Kier molecular flexibility index (Phi) is 3.92. The van der Waals surface area contributed by atoms with Gasteiger partial charge in [0, 0.05) is 0 Å². The second-order valence-corrected chi connectivity index (χ2v) is 2.33. The molecule has 0 aromatic carbocycles. The number of hydrogen-bond donors (Lipinski definition) is 2. The zero-order chi connectivity index (χ0) is 9.02. The van der Waals surface area contributed by atoms with Crippen molar-refractivity contribution in [3.8, 4) is 0 Å². The summed E-state index contributed by atoms with van der Waals surface area (Å²) in [7, 11) is 0. The van der Waals surface area contributed by atoms with E-state index in [2.05, 4.69) is 0 Å². The first-order valence-corrected chi connectivity index (χ1v) is 3.44. The molecule has 2 N–H and O–H groups in total. The Morgan fingerprint density at radius 3 is 2.00 bits per heavy atom. The van der Waals surface area contributed by atoms with Gasteiger partial charge in [-0.25, -0.2) is 0 Å². The Labute approximate surface area is 64.8 Å². The molecule has 0 rings (SSSR count). The minimum Gasteiger partial charge on any atom is -0.385 e. The molecule has 0 fully saturated rings. The standard InChI is InChI=1S/C7H12O4/c1-3-5(9)7(11)6(10)4(2)8/h4-5,8-9H,3H2,1-2H3. The topological polar surface area (TPSA) is 74.6 Å². The monoisotopic (exact) mass is 160 g/mol. The van der Waals surface area contributed by atoms with E-state index in [9.17, 15) is 9.59 Å². The largest absolute Gasteiger partial charge is 0.385 e. The summed E-state index contributed by atoms with van der Waals surface area (Å²) in [6, 6.07) is 0. The van der Waals surface area contributed by atoms with Gasteiger partial charge in [-0.15, -0.1) is 0 Å². The molecule has 2 atom stereocenters. The van der Waals surface area contributed by atoms with Crippen LogP contribution in [-0.2, 0) is 9.59 Å². The molecule has 11 heavy (non-hydrogen) atoms. The molecular weight excluding hydrogens is 148 g/mol. The highest BCUT2D eigenvalue weighted by Gasteiger charge is 2.24. The number of Topliss-reactive ketones (excluding diaryl/α,β-unsaturated/α-hetero) is 2. The number of ketones is 2. The van der Waals surface area contributed by atoms with E-state index in [1.165, 1.54) is 6.92 Å². The SMILES string of the molecule is CCC(O)C(=O)C(=O)C(C)O. The Morgan fingerprint density at radius 2 is 1.73 bits per heavy atom. The van der Waals surface area contributed by atoms with Crippen LogP contribution in [0.1, 0.15) is 20.3 Å². The molecule has 0 saturated carbocycles. The van der Waals surface area contributed by atoms with Crippen molar-refractivity contribution in [2.75, 3.05) is 0 Å². The lowest BCUT2D eigenvalue weighted by atomic mass is 10.1. The van der Waals surface area contributed by atoms with Crippen LogP contribution in [0.3, 0.4) is 0 Å². The lowest BCUT2D eigenvalue weighted by Gasteiger charge is -2.06. The Hall–Kier alpha value is -0.740. The number of aliphatic hydroxyl groups excluding tert-OH is 2. The second-order valence-electron chi connectivity index (χ2n) is 2.33. The fourth-order valence-electron chi connectivity index (χ4n) is 0.555. The molecular formula is C7H12O4. The van der Waals surface area contributed by atoms with Crippen molar-refractivity contribution >= 4 is 11.6 Å². The van der Waals surface area contributed by atoms with Gasteiger partial charge in [-0.2, -0.15) is 0 Å². The van der Waals surface area contributed by atoms with Crippen LogP contribution >= 0.6 is 0 Å². The Bertz CT molecular complexity index is 162. The Morgan fingerprint density at radius 1 is 1.27 bits per heavy atom. The van der Waals surface area contributed by atoms with Crippen molar-refractivity contribution in [1.29, 1.82) is 0 Å². The molecule has 64 valence electrons. The highest BCUT2D eigenvalue weighted by molar-refractivity contribution is 6.40. The van der Waals surface area contributed by atoms with Gasteiger partial charge >= 0.3 is 0 Å². The molecule has 0 aromatic heterocycles. The maximum Gasteiger partial charge on any atom is 0.229 e. The van der Waals surface area contributed by atoms with Gasteiger partial charge in [0.1, 0.15) is 12.2 Å². The van der Waals surface area contributed by atoms with Crippen LogP contribution in [0.5, 0.6) is 0 Å². The molecule has 0 bridgehead atoms. The smallest absolute Gasteiger partial charge is 0.229 e. The molecule has 4 nitrogen and oxygen atoms in total. The van der Waals surface area contributed by atoms with E-state index in [1.807, 2.05) is 0 Å². The van der Waals surface area contributed by atoms with Gasteiger partial charge in [-0.3, -0.25) is 9.59 Å². The fourth-order valence-corrected chi connectivity index (χ4v) is 0.555.